The third kappa shape index (κ3) is 7.54. The first kappa shape index (κ1) is 12.9. The molecule has 0 aliphatic heterocycles. The van der Waals surface area contributed by atoms with Gasteiger partial charge in [-0.15, -0.1) is 0 Å². The van der Waals surface area contributed by atoms with Gasteiger partial charge in [0.25, 0.3) is 0 Å². The molecule has 0 aliphatic rings. The van der Waals surface area contributed by atoms with Crippen molar-refractivity contribution in [1.29, 1.82) is 0 Å². The highest BCUT2D eigenvalue weighted by atomic mass is 16.6. The monoisotopic (exact) mass is 203 g/mol. The molecule has 0 spiro atoms. The number of rotatable bonds is 3. The Morgan fingerprint density at radius 3 is 2.36 bits per heavy atom. The molecule has 0 aromatic rings. The standard InChI is InChI=1S/C9H17NO4/c1-9(2,3)14-8(13)10-7(12)5-4-6-11/h11H,4-6H2,1-3H3,(H,10,12,13). The van der Waals surface area contributed by atoms with Crippen molar-refractivity contribution in [2.24, 2.45) is 0 Å². The molecular weight excluding hydrogens is 186 g/mol. The highest BCUT2D eigenvalue weighted by Gasteiger charge is 2.17. The minimum atomic E-state index is -0.750. The van der Waals surface area contributed by atoms with E-state index in [0.29, 0.717) is 6.42 Å². The SMILES string of the molecule is CC(C)(C)OC(=O)NC(=O)CCCO. The van der Waals surface area contributed by atoms with Crippen molar-refractivity contribution < 1.29 is 19.4 Å². The predicted molar refractivity (Wildman–Crippen MR) is 50.7 cm³/mol. The van der Waals surface area contributed by atoms with E-state index in [1.165, 1.54) is 0 Å². The van der Waals surface area contributed by atoms with E-state index in [4.69, 9.17) is 9.84 Å². The minimum Gasteiger partial charge on any atom is -0.444 e. The van der Waals surface area contributed by atoms with Gasteiger partial charge in [0.2, 0.25) is 5.91 Å². The first-order valence-corrected chi connectivity index (χ1v) is 4.49. The smallest absolute Gasteiger partial charge is 0.414 e. The van der Waals surface area contributed by atoms with Crippen LogP contribution in [0.3, 0.4) is 0 Å². The van der Waals surface area contributed by atoms with Crippen molar-refractivity contribution in [3.8, 4) is 0 Å². The van der Waals surface area contributed by atoms with E-state index in [1.807, 2.05) is 0 Å². The lowest BCUT2D eigenvalue weighted by molar-refractivity contribution is -0.121. The van der Waals surface area contributed by atoms with Gasteiger partial charge >= 0.3 is 6.09 Å². The number of hydrogen-bond acceptors (Lipinski definition) is 4. The summed E-state index contributed by atoms with van der Waals surface area (Å²) in [6.45, 7) is 5.07. The van der Waals surface area contributed by atoms with Crippen LogP contribution in [0, 0.1) is 0 Å². The Labute approximate surface area is 83.4 Å². The second-order valence-electron chi connectivity index (χ2n) is 3.88. The molecule has 0 fully saturated rings. The predicted octanol–water partition coefficient (Wildman–Crippen LogP) is 0.810. The summed E-state index contributed by atoms with van der Waals surface area (Å²) < 4.78 is 4.85. The first-order chi connectivity index (χ1) is 6.35. The molecule has 0 saturated heterocycles. The zero-order chi connectivity index (χ0) is 11.2. The molecule has 5 heteroatoms. The lowest BCUT2D eigenvalue weighted by Crippen LogP contribution is -2.36. The molecule has 0 rings (SSSR count). The number of nitrogens with one attached hydrogen (secondary N) is 1. The molecule has 2 N–H and O–H groups in total. The molecule has 0 aromatic heterocycles. The summed E-state index contributed by atoms with van der Waals surface area (Å²) in [5.41, 5.74) is -0.610. The summed E-state index contributed by atoms with van der Waals surface area (Å²) in [4.78, 5) is 22.0. The van der Waals surface area contributed by atoms with Gasteiger partial charge in [-0.1, -0.05) is 0 Å². The number of ether oxygens (including phenoxy) is 1. The maximum atomic E-state index is 11.0. The van der Waals surface area contributed by atoms with Gasteiger partial charge in [0, 0.05) is 13.0 Å². The summed E-state index contributed by atoms with van der Waals surface area (Å²) >= 11 is 0. The molecule has 0 unspecified atom stereocenters. The average molecular weight is 203 g/mol. The molecule has 0 radical (unpaired) electrons. The number of hydrogen-bond donors (Lipinski definition) is 2. The summed E-state index contributed by atoms with van der Waals surface area (Å²) in [6, 6.07) is 0. The van der Waals surface area contributed by atoms with E-state index in [1.54, 1.807) is 20.8 Å². The second-order valence-corrected chi connectivity index (χ2v) is 3.88. The molecule has 0 saturated carbocycles. The molecule has 5 nitrogen and oxygen atoms in total. The van der Waals surface area contributed by atoms with Gasteiger partial charge in [-0.2, -0.15) is 0 Å². The lowest BCUT2D eigenvalue weighted by atomic mass is 10.2. The van der Waals surface area contributed by atoms with Crippen molar-refractivity contribution in [3.63, 3.8) is 0 Å². The van der Waals surface area contributed by atoms with Crippen molar-refractivity contribution in [3.05, 3.63) is 0 Å². The number of aliphatic hydroxyl groups excluding tert-OH is 1. The number of amides is 2. The van der Waals surface area contributed by atoms with Gasteiger partial charge in [-0.3, -0.25) is 10.1 Å². The Kier molecular flexibility index (Phi) is 5.15. The van der Waals surface area contributed by atoms with E-state index in [0.717, 1.165) is 0 Å². The van der Waals surface area contributed by atoms with Crippen LogP contribution in [0.15, 0.2) is 0 Å². The zero-order valence-electron chi connectivity index (χ0n) is 8.79. The third-order valence-corrected chi connectivity index (χ3v) is 1.20. The number of carbonyl (C=O) groups excluding carboxylic acids is 2. The van der Waals surface area contributed by atoms with Gasteiger partial charge in [-0.25, -0.2) is 4.79 Å². The number of aliphatic hydroxyl groups is 1. The molecule has 82 valence electrons. The fraction of sp³-hybridized carbons (Fsp3) is 0.778. The lowest BCUT2D eigenvalue weighted by Gasteiger charge is -2.19. The summed E-state index contributed by atoms with van der Waals surface area (Å²) in [6.07, 6.45) is -0.287. The van der Waals surface area contributed by atoms with E-state index in [2.05, 4.69) is 5.32 Å². The third-order valence-electron chi connectivity index (χ3n) is 1.20. The fourth-order valence-electron chi connectivity index (χ4n) is 0.720. The van der Waals surface area contributed by atoms with Crippen LogP contribution in [0.1, 0.15) is 33.6 Å². The Morgan fingerprint density at radius 2 is 1.93 bits per heavy atom. The molecule has 0 bridgehead atoms. The Bertz CT molecular complexity index is 207. The zero-order valence-corrected chi connectivity index (χ0v) is 8.79. The summed E-state index contributed by atoms with van der Waals surface area (Å²) in [5.74, 6) is -0.437. The number of imide groups is 1. The quantitative estimate of drug-likeness (QED) is 0.711. The van der Waals surface area contributed by atoms with Crippen LogP contribution in [0.25, 0.3) is 0 Å². The van der Waals surface area contributed by atoms with E-state index >= 15 is 0 Å². The normalized spacial score (nSPS) is 10.9. The Morgan fingerprint density at radius 1 is 1.36 bits per heavy atom. The van der Waals surface area contributed by atoms with E-state index in [9.17, 15) is 9.59 Å². The van der Waals surface area contributed by atoms with Crippen LogP contribution < -0.4 is 5.32 Å². The van der Waals surface area contributed by atoms with Crippen LogP contribution in [0.5, 0.6) is 0 Å². The van der Waals surface area contributed by atoms with Gasteiger partial charge < -0.3 is 9.84 Å². The molecule has 0 aromatic carbocycles. The van der Waals surface area contributed by atoms with Crippen molar-refractivity contribution in [1.82, 2.24) is 5.32 Å². The Hall–Kier alpha value is -1.10. The molecule has 14 heavy (non-hydrogen) atoms. The minimum absolute atomic E-state index is 0.0677. The second kappa shape index (κ2) is 5.59. The van der Waals surface area contributed by atoms with Crippen molar-refractivity contribution in [2.45, 2.75) is 39.2 Å². The number of alkyl carbamates (subject to hydrolysis) is 1. The summed E-state index contributed by atoms with van der Waals surface area (Å²) in [7, 11) is 0. The first-order valence-electron chi connectivity index (χ1n) is 4.49. The maximum Gasteiger partial charge on any atom is 0.414 e. The molecule has 2 amide bonds. The van der Waals surface area contributed by atoms with Gasteiger partial charge in [0.05, 0.1) is 0 Å². The Balaban J connectivity index is 3.78. The fourth-order valence-corrected chi connectivity index (χ4v) is 0.720. The van der Waals surface area contributed by atoms with Crippen molar-refractivity contribution in [2.75, 3.05) is 6.61 Å². The molecule has 0 aliphatic carbocycles. The van der Waals surface area contributed by atoms with Crippen LogP contribution in [0.4, 0.5) is 4.79 Å². The van der Waals surface area contributed by atoms with Crippen LogP contribution in [0.2, 0.25) is 0 Å². The van der Waals surface area contributed by atoms with E-state index < -0.39 is 17.6 Å². The summed E-state index contributed by atoms with van der Waals surface area (Å²) in [5, 5.41) is 10.5. The van der Waals surface area contributed by atoms with Crippen LogP contribution in [-0.4, -0.2) is 29.3 Å². The average Bonchev–Trinajstić information content (AvgIpc) is 1.96. The molecule has 0 atom stereocenters. The highest BCUT2D eigenvalue weighted by molar-refractivity contribution is 5.91. The van der Waals surface area contributed by atoms with Gasteiger partial charge in [0.15, 0.2) is 0 Å². The number of carbonyl (C=O) groups is 2. The molecule has 0 heterocycles. The van der Waals surface area contributed by atoms with Gasteiger partial charge in [0.1, 0.15) is 5.60 Å². The maximum absolute atomic E-state index is 11.0. The van der Waals surface area contributed by atoms with Crippen LogP contribution >= 0.6 is 0 Å². The largest absolute Gasteiger partial charge is 0.444 e. The van der Waals surface area contributed by atoms with Gasteiger partial charge in [-0.05, 0) is 27.2 Å². The molecular formula is C9H17NO4. The van der Waals surface area contributed by atoms with Crippen molar-refractivity contribution >= 4 is 12.0 Å². The topological polar surface area (TPSA) is 75.6 Å². The van der Waals surface area contributed by atoms with E-state index in [-0.39, 0.29) is 13.0 Å². The van der Waals surface area contributed by atoms with Crippen LogP contribution in [-0.2, 0) is 9.53 Å². The highest BCUT2D eigenvalue weighted by Crippen LogP contribution is 2.06.